The molecule has 0 saturated carbocycles. The topological polar surface area (TPSA) is 38.5 Å². The molecule has 82 valence electrons. The molecule has 1 aromatic carbocycles. The minimum absolute atomic E-state index is 0.164. The van der Waals surface area contributed by atoms with Gasteiger partial charge >= 0.3 is 7.75 Å². The van der Waals surface area contributed by atoms with Gasteiger partial charge in [0, 0.05) is 20.8 Å². The number of hydrogen-bond donors (Lipinski definition) is 0. The van der Waals surface area contributed by atoms with Crippen LogP contribution in [0.2, 0.25) is 0 Å². The summed E-state index contributed by atoms with van der Waals surface area (Å²) in [5.74, 6) is 0. The van der Waals surface area contributed by atoms with E-state index in [1.54, 1.807) is 4.67 Å². The molecule has 0 N–H and O–H groups in total. The molecule has 0 bridgehead atoms. The lowest BCUT2D eigenvalue weighted by Gasteiger charge is -2.14. The molecule has 15 heavy (non-hydrogen) atoms. The first-order valence-electron chi connectivity index (χ1n) is 4.75. The van der Waals surface area contributed by atoms with Crippen molar-refractivity contribution in [1.29, 1.82) is 0 Å². The third kappa shape index (κ3) is 1.99. The molecule has 1 fully saturated rings. The highest BCUT2D eigenvalue weighted by atomic mass is 31.2. The van der Waals surface area contributed by atoms with Gasteiger partial charge in [-0.3, -0.25) is 9.05 Å². The Hall–Kier alpha value is -0.670. The van der Waals surface area contributed by atoms with Gasteiger partial charge in [0.05, 0.1) is 6.04 Å². The second-order valence-electron chi connectivity index (χ2n) is 3.38. The maximum absolute atomic E-state index is 12.0. The Morgan fingerprint density at radius 3 is 2.40 bits per heavy atom. The highest BCUT2D eigenvalue weighted by Crippen LogP contribution is 2.62. The van der Waals surface area contributed by atoms with E-state index in [4.69, 9.17) is 9.05 Å². The van der Waals surface area contributed by atoms with Crippen LogP contribution in [0.3, 0.4) is 0 Å². The van der Waals surface area contributed by atoms with Crippen LogP contribution in [-0.4, -0.2) is 25.4 Å². The van der Waals surface area contributed by atoms with Crippen LogP contribution in [0.15, 0.2) is 30.3 Å². The highest BCUT2D eigenvalue weighted by Gasteiger charge is 2.49. The molecule has 1 aliphatic heterocycles. The Morgan fingerprint density at radius 2 is 1.87 bits per heavy atom. The molecule has 4 nitrogen and oxygen atoms in total. The van der Waals surface area contributed by atoms with Crippen molar-refractivity contribution in [3.05, 3.63) is 35.9 Å². The van der Waals surface area contributed by atoms with Gasteiger partial charge in [-0.05, 0) is 5.56 Å². The third-order valence-corrected chi connectivity index (χ3v) is 4.54. The molecule has 0 spiro atoms. The largest absolute Gasteiger partial charge is 0.408 e. The lowest BCUT2D eigenvalue weighted by molar-refractivity contribution is 0.245. The lowest BCUT2D eigenvalue weighted by atomic mass is 10.2. The molecule has 2 atom stereocenters. The average molecular weight is 227 g/mol. The molecule has 0 radical (unpaired) electrons. The number of benzene rings is 1. The molecule has 1 saturated heterocycles. The summed E-state index contributed by atoms with van der Waals surface area (Å²) in [6.45, 7) is 0.725. The van der Waals surface area contributed by atoms with Gasteiger partial charge in [-0.2, -0.15) is 4.67 Å². The lowest BCUT2D eigenvalue weighted by Crippen LogP contribution is -2.00. The first kappa shape index (κ1) is 10.8. The molecule has 1 aliphatic rings. The molecule has 1 aromatic rings. The minimum atomic E-state index is -3.03. The smallest absolute Gasteiger partial charge is 0.300 e. The summed E-state index contributed by atoms with van der Waals surface area (Å²) in [6.07, 6.45) is 0. The van der Waals surface area contributed by atoms with E-state index in [1.165, 1.54) is 14.2 Å². The Kier molecular flexibility index (Phi) is 2.94. The van der Waals surface area contributed by atoms with Crippen molar-refractivity contribution in [2.75, 3.05) is 20.8 Å². The van der Waals surface area contributed by atoms with Crippen LogP contribution < -0.4 is 0 Å². The molecule has 5 heteroatoms. The Balaban J connectivity index is 2.11. The van der Waals surface area contributed by atoms with Crippen LogP contribution >= 0.6 is 7.75 Å². The van der Waals surface area contributed by atoms with E-state index in [0.717, 1.165) is 12.1 Å². The quantitative estimate of drug-likeness (QED) is 0.585. The van der Waals surface area contributed by atoms with Crippen LogP contribution in [0.25, 0.3) is 0 Å². The summed E-state index contributed by atoms with van der Waals surface area (Å²) in [6, 6.07) is 10.1. The van der Waals surface area contributed by atoms with Gasteiger partial charge in [-0.15, -0.1) is 0 Å². The number of hydrogen-bond acceptors (Lipinski definition) is 3. The predicted octanol–water partition coefficient (Wildman–Crippen LogP) is 2.44. The zero-order chi connectivity index (χ0) is 10.9. The van der Waals surface area contributed by atoms with Crippen LogP contribution in [0.5, 0.6) is 0 Å². The number of rotatable bonds is 4. The van der Waals surface area contributed by atoms with Crippen LogP contribution in [0.4, 0.5) is 0 Å². The van der Waals surface area contributed by atoms with Gasteiger partial charge in [0.2, 0.25) is 0 Å². The van der Waals surface area contributed by atoms with E-state index in [-0.39, 0.29) is 6.04 Å². The molecular weight excluding hydrogens is 213 g/mol. The third-order valence-electron chi connectivity index (χ3n) is 2.55. The van der Waals surface area contributed by atoms with Gasteiger partial charge in [-0.1, -0.05) is 30.3 Å². The normalized spacial score (nSPS) is 25.2. The first-order chi connectivity index (χ1) is 7.21. The first-order valence-corrected chi connectivity index (χ1v) is 6.24. The number of nitrogens with zero attached hydrogens (tertiary/aromatic N) is 1. The average Bonchev–Trinajstić information content (AvgIpc) is 3.10. The predicted molar refractivity (Wildman–Crippen MR) is 57.5 cm³/mol. The highest BCUT2D eigenvalue weighted by molar-refractivity contribution is 7.51. The minimum Gasteiger partial charge on any atom is -0.300 e. The fourth-order valence-electron chi connectivity index (χ4n) is 1.64. The summed E-state index contributed by atoms with van der Waals surface area (Å²) in [5, 5.41) is 0. The fraction of sp³-hybridized carbons (Fsp3) is 0.400. The molecule has 0 aromatic heterocycles. The van der Waals surface area contributed by atoms with E-state index >= 15 is 0 Å². The molecule has 1 unspecified atom stereocenters. The van der Waals surface area contributed by atoms with E-state index in [9.17, 15) is 4.57 Å². The SMILES string of the molecule is COP(=O)(OC)N1C[C@H]1c1ccccc1. The van der Waals surface area contributed by atoms with E-state index < -0.39 is 7.75 Å². The van der Waals surface area contributed by atoms with Crippen LogP contribution in [0, 0.1) is 0 Å². The second kappa shape index (κ2) is 4.06. The summed E-state index contributed by atoms with van der Waals surface area (Å²) in [4.78, 5) is 0. The molecule has 0 amide bonds. The zero-order valence-corrected chi connectivity index (χ0v) is 9.68. The Morgan fingerprint density at radius 1 is 1.27 bits per heavy atom. The van der Waals surface area contributed by atoms with E-state index in [1.807, 2.05) is 30.3 Å². The summed E-state index contributed by atoms with van der Waals surface area (Å²) in [5.41, 5.74) is 1.15. The monoisotopic (exact) mass is 227 g/mol. The molecular formula is C10H14NO3P. The molecule has 2 rings (SSSR count). The zero-order valence-electron chi connectivity index (χ0n) is 8.79. The van der Waals surface area contributed by atoms with E-state index in [2.05, 4.69) is 0 Å². The summed E-state index contributed by atoms with van der Waals surface area (Å²) in [7, 11) is -0.215. The van der Waals surface area contributed by atoms with Gasteiger partial charge in [0.1, 0.15) is 0 Å². The summed E-state index contributed by atoms with van der Waals surface area (Å²) >= 11 is 0. The van der Waals surface area contributed by atoms with Crippen molar-refractivity contribution in [2.24, 2.45) is 0 Å². The summed E-state index contributed by atoms with van der Waals surface area (Å²) < 4.78 is 23.6. The van der Waals surface area contributed by atoms with Crippen molar-refractivity contribution >= 4 is 7.75 Å². The Bertz CT molecular complexity index is 374. The van der Waals surface area contributed by atoms with Crippen LogP contribution in [0.1, 0.15) is 11.6 Å². The van der Waals surface area contributed by atoms with Crippen LogP contribution in [-0.2, 0) is 13.6 Å². The van der Waals surface area contributed by atoms with Gasteiger partial charge in [-0.25, -0.2) is 4.57 Å². The molecule has 1 heterocycles. The maximum Gasteiger partial charge on any atom is 0.408 e. The van der Waals surface area contributed by atoms with Crippen molar-refractivity contribution in [2.45, 2.75) is 6.04 Å². The van der Waals surface area contributed by atoms with E-state index in [0.29, 0.717) is 0 Å². The van der Waals surface area contributed by atoms with Crippen molar-refractivity contribution in [3.63, 3.8) is 0 Å². The van der Waals surface area contributed by atoms with Crippen molar-refractivity contribution < 1.29 is 13.6 Å². The second-order valence-corrected chi connectivity index (χ2v) is 5.56. The van der Waals surface area contributed by atoms with Crippen molar-refractivity contribution in [1.82, 2.24) is 4.67 Å². The van der Waals surface area contributed by atoms with Gasteiger partial charge in [0.25, 0.3) is 0 Å². The molecule has 0 aliphatic carbocycles. The standard InChI is InChI=1S/C10H14NO3P/c1-13-15(12,14-2)11-8-10(11)9-6-4-3-5-7-9/h3-7,10H,8H2,1-2H3/t10-,11?/m0/s1. The van der Waals surface area contributed by atoms with Gasteiger partial charge in [0.15, 0.2) is 0 Å². The Labute approximate surface area is 89.4 Å². The van der Waals surface area contributed by atoms with Gasteiger partial charge < -0.3 is 0 Å². The van der Waals surface area contributed by atoms with Crippen molar-refractivity contribution in [3.8, 4) is 0 Å². The fourth-order valence-corrected chi connectivity index (χ4v) is 3.04. The maximum atomic E-state index is 12.0.